The molecular weight excluding hydrogens is 510 g/mol. The molecule has 8 heteroatoms. The maximum absolute atomic E-state index is 13.8. The van der Waals surface area contributed by atoms with E-state index < -0.39 is 0 Å². The second-order valence-corrected chi connectivity index (χ2v) is 9.66. The molecule has 0 unspecified atom stereocenters. The van der Waals surface area contributed by atoms with E-state index in [9.17, 15) is 9.59 Å². The highest BCUT2D eigenvalue weighted by atomic mass is 32.1. The third kappa shape index (κ3) is 4.81. The van der Waals surface area contributed by atoms with E-state index in [1.165, 1.54) is 28.8 Å². The molecule has 1 amide bonds. The normalized spacial score (nSPS) is 11.3. The molecule has 6 aromatic rings. The Hall–Kier alpha value is -5.08. The summed E-state index contributed by atoms with van der Waals surface area (Å²) >= 11 is 1.30. The average molecular weight is 532 g/mol. The van der Waals surface area contributed by atoms with Gasteiger partial charge >= 0.3 is 0 Å². The van der Waals surface area contributed by atoms with Crippen LogP contribution in [-0.2, 0) is 0 Å². The molecule has 0 radical (unpaired) electrons. The molecule has 0 atom stereocenters. The standard InChI is InChI=1S/C31H21N3O4S/c1-37-24-15-16-26-28(17-24)39-31(33-26)34(32-18-23-19-38-27-10-6-5-9-25(27)29(23)35)30(36)22-13-11-21(12-14-22)20-7-3-2-4-8-20/h2-19H,1H3/b32-18+. The third-order valence-electron chi connectivity index (χ3n) is 6.22. The zero-order chi connectivity index (χ0) is 26.8. The molecule has 39 heavy (non-hydrogen) atoms. The number of rotatable bonds is 6. The van der Waals surface area contributed by atoms with Crippen molar-refractivity contribution in [2.24, 2.45) is 5.10 Å². The minimum Gasteiger partial charge on any atom is -0.497 e. The molecule has 4 aromatic carbocycles. The van der Waals surface area contributed by atoms with Gasteiger partial charge in [-0.3, -0.25) is 9.59 Å². The van der Waals surface area contributed by atoms with Crippen LogP contribution in [0.2, 0.25) is 0 Å². The topological polar surface area (TPSA) is 85.0 Å². The van der Waals surface area contributed by atoms with Crippen LogP contribution in [0.4, 0.5) is 5.13 Å². The first kappa shape index (κ1) is 24.3. The number of thiazole rings is 1. The highest BCUT2D eigenvalue weighted by Crippen LogP contribution is 2.32. The molecular formula is C31H21N3O4S. The molecule has 0 saturated carbocycles. The highest BCUT2D eigenvalue weighted by molar-refractivity contribution is 7.22. The van der Waals surface area contributed by atoms with Gasteiger partial charge in [-0.1, -0.05) is 65.9 Å². The highest BCUT2D eigenvalue weighted by Gasteiger charge is 2.22. The average Bonchev–Trinajstić information content (AvgIpc) is 3.42. The van der Waals surface area contributed by atoms with Crippen molar-refractivity contribution in [3.8, 4) is 16.9 Å². The van der Waals surface area contributed by atoms with E-state index in [0.29, 0.717) is 32.9 Å². The number of ether oxygens (including phenoxy) is 1. The number of amides is 1. The van der Waals surface area contributed by atoms with Gasteiger partial charge in [0.05, 0.1) is 34.5 Å². The number of hydrogen-bond acceptors (Lipinski definition) is 7. The largest absolute Gasteiger partial charge is 0.497 e. The van der Waals surface area contributed by atoms with Crippen molar-refractivity contribution in [1.29, 1.82) is 0 Å². The Morgan fingerprint density at radius 2 is 1.69 bits per heavy atom. The predicted octanol–water partition coefficient (Wildman–Crippen LogP) is 6.76. The molecule has 0 fully saturated rings. The van der Waals surface area contributed by atoms with Crippen LogP contribution in [0.25, 0.3) is 32.3 Å². The first-order valence-electron chi connectivity index (χ1n) is 12.1. The predicted molar refractivity (Wildman–Crippen MR) is 155 cm³/mol. The van der Waals surface area contributed by atoms with Crippen LogP contribution < -0.4 is 15.2 Å². The summed E-state index contributed by atoms with van der Waals surface area (Å²) in [7, 11) is 1.59. The van der Waals surface area contributed by atoms with E-state index in [2.05, 4.69) is 10.1 Å². The van der Waals surface area contributed by atoms with Crippen molar-refractivity contribution in [1.82, 2.24) is 4.98 Å². The second-order valence-electron chi connectivity index (χ2n) is 8.65. The lowest BCUT2D eigenvalue weighted by Crippen LogP contribution is -2.26. The summed E-state index contributed by atoms with van der Waals surface area (Å²) in [5, 5.41) is 6.45. The fourth-order valence-electron chi connectivity index (χ4n) is 4.16. The van der Waals surface area contributed by atoms with Crippen molar-refractivity contribution in [2.75, 3.05) is 12.1 Å². The van der Waals surface area contributed by atoms with Gasteiger partial charge in [0.1, 0.15) is 17.6 Å². The molecule has 190 valence electrons. The van der Waals surface area contributed by atoms with Crippen LogP contribution in [0.15, 0.2) is 118 Å². The number of carbonyl (C=O) groups is 1. The van der Waals surface area contributed by atoms with Crippen molar-refractivity contribution in [3.63, 3.8) is 0 Å². The van der Waals surface area contributed by atoms with Gasteiger partial charge in [-0.25, -0.2) is 4.98 Å². The zero-order valence-corrected chi connectivity index (χ0v) is 21.6. The van der Waals surface area contributed by atoms with Crippen molar-refractivity contribution < 1.29 is 13.9 Å². The number of hydrogen-bond donors (Lipinski definition) is 0. The van der Waals surface area contributed by atoms with E-state index in [4.69, 9.17) is 9.15 Å². The van der Waals surface area contributed by atoms with Gasteiger partial charge in [-0.15, -0.1) is 0 Å². The number of para-hydroxylation sites is 1. The van der Waals surface area contributed by atoms with Crippen LogP contribution in [0.1, 0.15) is 15.9 Å². The van der Waals surface area contributed by atoms with E-state index in [1.807, 2.05) is 60.7 Å². The fourth-order valence-corrected chi connectivity index (χ4v) is 5.11. The molecule has 0 aliphatic heterocycles. The van der Waals surface area contributed by atoms with Crippen LogP contribution in [0.3, 0.4) is 0 Å². The number of methoxy groups -OCH3 is 1. The lowest BCUT2D eigenvalue weighted by atomic mass is 10.0. The number of anilines is 1. The summed E-state index contributed by atoms with van der Waals surface area (Å²) in [5.41, 5.74) is 3.62. The van der Waals surface area contributed by atoms with E-state index in [0.717, 1.165) is 15.8 Å². The minimum atomic E-state index is -0.387. The number of hydrazone groups is 1. The van der Waals surface area contributed by atoms with Crippen molar-refractivity contribution in [3.05, 3.63) is 125 Å². The smallest absolute Gasteiger partial charge is 0.280 e. The Labute approximate surface area is 227 Å². The van der Waals surface area contributed by atoms with Gasteiger partial charge in [0.2, 0.25) is 10.6 Å². The van der Waals surface area contributed by atoms with Crippen LogP contribution >= 0.6 is 11.3 Å². The first-order valence-corrected chi connectivity index (χ1v) is 12.9. The van der Waals surface area contributed by atoms with E-state index in [-0.39, 0.29) is 16.9 Å². The summed E-state index contributed by atoms with van der Waals surface area (Å²) in [6.07, 6.45) is 2.68. The van der Waals surface area contributed by atoms with Crippen molar-refractivity contribution in [2.45, 2.75) is 0 Å². The molecule has 0 N–H and O–H groups in total. The maximum atomic E-state index is 13.8. The minimum absolute atomic E-state index is 0.216. The molecule has 0 aliphatic carbocycles. The molecule has 2 heterocycles. The van der Waals surface area contributed by atoms with Crippen LogP contribution in [-0.4, -0.2) is 24.2 Å². The molecule has 7 nitrogen and oxygen atoms in total. The molecule has 0 bridgehead atoms. The Morgan fingerprint density at radius 3 is 2.49 bits per heavy atom. The summed E-state index contributed by atoms with van der Waals surface area (Å²) < 4.78 is 11.8. The molecule has 0 aliphatic rings. The van der Waals surface area contributed by atoms with Gasteiger partial charge in [0.15, 0.2) is 0 Å². The number of aromatic nitrogens is 1. The van der Waals surface area contributed by atoms with E-state index >= 15 is 0 Å². The quantitative estimate of drug-likeness (QED) is 0.175. The SMILES string of the molecule is COc1ccc2nc(N(/N=C/c3coc4ccccc4c3=O)C(=O)c3ccc(-c4ccccc4)cc3)sc2c1. The number of benzene rings is 4. The Bertz CT molecular complexity index is 1890. The van der Waals surface area contributed by atoms with Gasteiger partial charge in [0.25, 0.3) is 5.91 Å². The van der Waals surface area contributed by atoms with Gasteiger partial charge < -0.3 is 9.15 Å². The van der Waals surface area contributed by atoms with Gasteiger partial charge in [-0.2, -0.15) is 10.1 Å². The molecule has 2 aromatic heterocycles. The lowest BCUT2D eigenvalue weighted by molar-refractivity contribution is 0.0988. The Kier molecular flexibility index (Phi) is 6.44. The Balaban J connectivity index is 1.40. The van der Waals surface area contributed by atoms with Gasteiger partial charge in [0, 0.05) is 5.56 Å². The second kappa shape index (κ2) is 10.4. The summed E-state index contributed by atoms with van der Waals surface area (Å²) in [6, 6.07) is 29.7. The molecule has 0 saturated heterocycles. The zero-order valence-electron chi connectivity index (χ0n) is 20.8. The first-order chi connectivity index (χ1) is 19.1. The van der Waals surface area contributed by atoms with Crippen LogP contribution in [0, 0.1) is 0 Å². The monoisotopic (exact) mass is 531 g/mol. The summed E-state index contributed by atoms with van der Waals surface area (Å²) in [4.78, 5) is 31.4. The van der Waals surface area contributed by atoms with Gasteiger partial charge in [-0.05, 0) is 53.6 Å². The number of carbonyl (C=O) groups excluding carboxylic acids is 1. The number of fused-ring (bicyclic) bond motifs is 2. The fraction of sp³-hybridized carbons (Fsp3) is 0.0323. The Morgan fingerprint density at radius 1 is 0.949 bits per heavy atom. The molecule has 0 spiro atoms. The maximum Gasteiger partial charge on any atom is 0.280 e. The summed E-state index contributed by atoms with van der Waals surface area (Å²) in [6.45, 7) is 0. The van der Waals surface area contributed by atoms with Crippen LogP contribution in [0.5, 0.6) is 5.75 Å². The lowest BCUT2D eigenvalue weighted by Gasteiger charge is -2.14. The molecule has 6 rings (SSSR count). The number of nitrogens with zero attached hydrogens (tertiary/aromatic N) is 3. The third-order valence-corrected chi connectivity index (χ3v) is 7.21. The summed E-state index contributed by atoms with van der Waals surface area (Å²) in [5.74, 6) is 0.298. The van der Waals surface area contributed by atoms with Crippen molar-refractivity contribution >= 4 is 49.8 Å². The van der Waals surface area contributed by atoms with E-state index in [1.54, 1.807) is 43.5 Å².